The first-order valence-corrected chi connectivity index (χ1v) is 14.5. The number of benzene rings is 4. The third kappa shape index (κ3) is 1.85. The predicted molar refractivity (Wildman–Crippen MR) is 163 cm³/mol. The van der Waals surface area contributed by atoms with Crippen molar-refractivity contribution in [2.45, 2.75) is 5.66 Å². The van der Waals surface area contributed by atoms with Gasteiger partial charge in [0.1, 0.15) is 22.6 Å². The van der Waals surface area contributed by atoms with Crippen LogP contribution in [0.25, 0.3) is 65.7 Å². The molecule has 1 spiro atoms. The fraction of sp³-hybridized carbons (Fsp3) is 0.0270. The fourth-order valence-electron chi connectivity index (χ4n) is 8.72. The summed E-state index contributed by atoms with van der Waals surface area (Å²) < 4.78 is 16.8. The van der Waals surface area contributed by atoms with Crippen LogP contribution in [0.3, 0.4) is 0 Å². The molecule has 42 heavy (non-hydrogen) atoms. The van der Waals surface area contributed by atoms with Gasteiger partial charge in [-0.05, 0) is 48.5 Å². The zero-order valence-corrected chi connectivity index (χ0v) is 22.2. The van der Waals surface area contributed by atoms with Crippen LogP contribution in [0.1, 0.15) is 11.1 Å². The first-order chi connectivity index (χ1) is 20.9. The lowest BCUT2D eigenvalue weighted by atomic mass is 9.84. The predicted octanol–water partition coefficient (Wildman–Crippen LogP) is 7.10. The Hall–Kier alpha value is -5.68. The zero-order valence-electron chi connectivity index (χ0n) is 22.2. The third-order valence-electron chi connectivity index (χ3n) is 10.1. The largest absolute Gasteiger partial charge is 0.456 e. The second-order valence-electron chi connectivity index (χ2n) is 11.8. The Morgan fingerprint density at radius 1 is 0.571 bits per heavy atom. The highest BCUT2D eigenvalue weighted by molar-refractivity contribution is 6.20. The Kier molecular flexibility index (Phi) is 3.03. The molecule has 0 saturated carbocycles. The van der Waals surface area contributed by atoms with Crippen LogP contribution in [0.4, 0.5) is 0 Å². The van der Waals surface area contributed by atoms with Crippen molar-refractivity contribution >= 4 is 59.9 Å². The van der Waals surface area contributed by atoms with E-state index in [0.717, 1.165) is 17.3 Å². The Morgan fingerprint density at radius 3 is 2.33 bits per heavy atom. The molecule has 5 nitrogen and oxygen atoms in total. The number of aromatic nitrogens is 4. The van der Waals surface area contributed by atoms with Gasteiger partial charge in [0.25, 0.3) is 5.82 Å². The topological polar surface area (TPSA) is 26.3 Å². The number of ether oxygens (including phenoxy) is 1. The quantitative estimate of drug-likeness (QED) is 0.150. The summed E-state index contributed by atoms with van der Waals surface area (Å²) in [4.78, 5) is 0. The van der Waals surface area contributed by atoms with E-state index >= 15 is 0 Å². The molecule has 8 heterocycles. The molecule has 0 bridgehead atoms. The van der Waals surface area contributed by atoms with Crippen LogP contribution in [-0.2, 0) is 5.66 Å². The van der Waals surface area contributed by atoms with Gasteiger partial charge in [-0.3, -0.25) is 0 Å². The molecule has 4 aromatic carbocycles. The molecule has 0 saturated heterocycles. The summed E-state index contributed by atoms with van der Waals surface area (Å²) in [6.07, 6.45) is 6.83. The minimum atomic E-state index is -0.639. The van der Waals surface area contributed by atoms with Crippen molar-refractivity contribution in [1.82, 2.24) is 8.97 Å². The number of fused-ring (bicyclic) bond motifs is 10. The highest BCUT2D eigenvalue weighted by Crippen LogP contribution is 2.57. The summed E-state index contributed by atoms with van der Waals surface area (Å²) in [5, 5.41) is 7.54. The van der Waals surface area contributed by atoms with E-state index in [4.69, 9.17) is 4.74 Å². The molecule has 5 heteroatoms. The summed E-state index contributed by atoms with van der Waals surface area (Å²) in [5.41, 5.74) is 7.90. The number of nitrogens with zero attached hydrogens (tertiary/aromatic N) is 4. The van der Waals surface area contributed by atoms with Crippen LogP contribution < -0.4 is 13.9 Å². The van der Waals surface area contributed by atoms with Crippen molar-refractivity contribution in [2.75, 3.05) is 0 Å². The van der Waals surface area contributed by atoms with E-state index in [1.807, 2.05) is 0 Å². The van der Waals surface area contributed by atoms with Crippen LogP contribution in [0.2, 0.25) is 0 Å². The standard InChI is InChI=1S/C37H20N4O/c1-2-9-22-21(8-1)20-38-27-15-17-28-32-31(27)35-25(34(22)38)11-7-19-40(35)37(32)33-29(42-28)16-14-24-23-10-3-4-12-26(23)41(36(24)33)30-13-5-6-18-39(30)37/h1-20H/q+2. The van der Waals surface area contributed by atoms with Gasteiger partial charge in [-0.1, -0.05) is 42.5 Å². The van der Waals surface area contributed by atoms with Crippen molar-refractivity contribution < 1.29 is 13.9 Å². The van der Waals surface area contributed by atoms with E-state index in [1.165, 1.54) is 71.0 Å². The molecule has 0 amide bonds. The maximum atomic E-state index is 6.89. The number of para-hydroxylation sites is 1. The van der Waals surface area contributed by atoms with Crippen molar-refractivity contribution in [3.8, 4) is 17.3 Å². The van der Waals surface area contributed by atoms with Gasteiger partial charge in [-0.2, -0.15) is 9.13 Å². The highest BCUT2D eigenvalue weighted by Gasteiger charge is 2.66. The van der Waals surface area contributed by atoms with Gasteiger partial charge in [-0.15, -0.1) is 4.57 Å². The SMILES string of the molecule is c1cc[n+]2c(c1)-n1c3ccccc3c3ccc4c(c31)C21c2c(ccc3c2c2c(ccc[n+]21)c1c2ccccc2cn31)O4. The molecule has 5 aromatic heterocycles. The molecule has 9 aromatic rings. The van der Waals surface area contributed by atoms with Gasteiger partial charge in [0.2, 0.25) is 5.52 Å². The monoisotopic (exact) mass is 536 g/mol. The van der Waals surface area contributed by atoms with E-state index in [0.29, 0.717) is 0 Å². The Bertz CT molecular complexity index is 2780. The molecule has 3 aliphatic heterocycles. The first kappa shape index (κ1) is 20.2. The first-order valence-electron chi connectivity index (χ1n) is 14.5. The van der Waals surface area contributed by atoms with E-state index in [9.17, 15) is 0 Å². The maximum Gasteiger partial charge on any atom is 0.375 e. The van der Waals surface area contributed by atoms with Crippen LogP contribution in [-0.4, -0.2) is 8.97 Å². The smallest absolute Gasteiger partial charge is 0.375 e. The van der Waals surface area contributed by atoms with E-state index < -0.39 is 5.66 Å². The fourth-order valence-corrected chi connectivity index (χ4v) is 8.72. The van der Waals surface area contributed by atoms with Gasteiger partial charge < -0.3 is 9.14 Å². The molecule has 192 valence electrons. The van der Waals surface area contributed by atoms with Crippen LogP contribution in [0.15, 0.2) is 122 Å². The molecule has 0 radical (unpaired) electrons. The van der Waals surface area contributed by atoms with Gasteiger partial charge in [0.15, 0.2) is 17.3 Å². The van der Waals surface area contributed by atoms with Gasteiger partial charge in [0.05, 0.1) is 28.0 Å². The molecule has 3 aliphatic rings. The zero-order chi connectivity index (χ0) is 26.9. The van der Waals surface area contributed by atoms with Gasteiger partial charge in [-0.25, -0.2) is 0 Å². The molecule has 0 aliphatic carbocycles. The second-order valence-corrected chi connectivity index (χ2v) is 11.8. The second kappa shape index (κ2) is 6.29. The van der Waals surface area contributed by atoms with Gasteiger partial charge >= 0.3 is 5.66 Å². The summed E-state index contributed by atoms with van der Waals surface area (Å²) in [6, 6.07) is 37.4. The Labute approximate surface area is 238 Å². The van der Waals surface area contributed by atoms with Crippen molar-refractivity contribution in [2.24, 2.45) is 0 Å². The summed E-state index contributed by atoms with van der Waals surface area (Å²) in [7, 11) is 0. The van der Waals surface area contributed by atoms with E-state index in [1.54, 1.807) is 0 Å². The minimum Gasteiger partial charge on any atom is -0.456 e. The number of rotatable bonds is 0. The highest BCUT2D eigenvalue weighted by atomic mass is 16.5. The average Bonchev–Trinajstić information content (AvgIpc) is 3.70. The minimum absolute atomic E-state index is 0.639. The average molecular weight is 537 g/mol. The third-order valence-corrected chi connectivity index (χ3v) is 10.1. The number of hydrogen-bond donors (Lipinski definition) is 0. The molecule has 1 atom stereocenters. The molecular weight excluding hydrogens is 516 g/mol. The summed E-state index contributed by atoms with van der Waals surface area (Å²) >= 11 is 0. The molecule has 0 N–H and O–H groups in total. The Morgan fingerprint density at radius 2 is 1.36 bits per heavy atom. The van der Waals surface area contributed by atoms with E-state index in [2.05, 4.69) is 140 Å². The molecule has 0 fully saturated rings. The van der Waals surface area contributed by atoms with Crippen LogP contribution in [0, 0.1) is 0 Å². The molecular formula is C37H20N4O+2. The van der Waals surface area contributed by atoms with Gasteiger partial charge in [0, 0.05) is 39.9 Å². The summed E-state index contributed by atoms with van der Waals surface area (Å²) in [6.45, 7) is 0. The van der Waals surface area contributed by atoms with Crippen molar-refractivity contribution in [3.05, 3.63) is 133 Å². The van der Waals surface area contributed by atoms with Crippen molar-refractivity contribution in [3.63, 3.8) is 0 Å². The van der Waals surface area contributed by atoms with Crippen molar-refractivity contribution in [1.29, 1.82) is 0 Å². The van der Waals surface area contributed by atoms with Crippen LogP contribution >= 0.6 is 0 Å². The van der Waals surface area contributed by atoms with Crippen LogP contribution in [0.5, 0.6) is 11.5 Å². The lowest BCUT2D eigenvalue weighted by molar-refractivity contribution is -0.956. The number of hydrogen-bond acceptors (Lipinski definition) is 1. The number of pyridine rings is 3. The maximum absolute atomic E-state index is 6.89. The van der Waals surface area contributed by atoms with E-state index in [-0.39, 0.29) is 0 Å². The Balaban J connectivity index is 1.42. The lowest BCUT2D eigenvalue weighted by Crippen LogP contribution is -2.75. The molecule has 1 unspecified atom stereocenters. The summed E-state index contributed by atoms with van der Waals surface area (Å²) in [5.74, 6) is 2.98. The molecule has 12 rings (SSSR count). The lowest BCUT2D eigenvalue weighted by Gasteiger charge is -2.34. The normalized spacial score (nSPS) is 17.3.